The van der Waals surface area contributed by atoms with Crippen molar-refractivity contribution in [2.75, 3.05) is 6.61 Å². The molecule has 1 fully saturated rings. The van der Waals surface area contributed by atoms with Gasteiger partial charge in [0.15, 0.2) is 0 Å². The van der Waals surface area contributed by atoms with E-state index in [2.05, 4.69) is 6.08 Å². The first kappa shape index (κ1) is 14.8. The van der Waals surface area contributed by atoms with Gasteiger partial charge in [-0.3, -0.25) is 4.79 Å². The number of esters is 1. The maximum atomic E-state index is 12.0. The second-order valence-electron chi connectivity index (χ2n) is 5.32. The van der Waals surface area contributed by atoms with Gasteiger partial charge >= 0.3 is 5.97 Å². The highest BCUT2D eigenvalue weighted by Crippen LogP contribution is 2.30. The van der Waals surface area contributed by atoms with Gasteiger partial charge in [-0.05, 0) is 37.2 Å². The van der Waals surface area contributed by atoms with Crippen LogP contribution in [0.25, 0.3) is 0 Å². The molecule has 1 N–H and O–H groups in total. The van der Waals surface area contributed by atoms with Gasteiger partial charge in [0.05, 0.1) is 12.5 Å². The molecule has 0 aromatic heterocycles. The Morgan fingerprint density at radius 1 is 1.20 bits per heavy atom. The molecule has 0 radical (unpaired) electrons. The molecule has 0 bridgehead atoms. The van der Waals surface area contributed by atoms with Gasteiger partial charge in [-0.1, -0.05) is 42.5 Å². The molecular formula is C17H22O3. The Bertz CT molecular complexity index is 431. The summed E-state index contributed by atoms with van der Waals surface area (Å²) < 4.78 is 5.39. The van der Waals surface area contributed by atoms with E-state index in [0.29, 0.717) is 12.5 Å². The van der Waals surface area contributed by atoms with Crippen molar-refractivity contribution in [3.63, 3.8) is 0 Å². The second kappa shape index (κ2) is 7.85. The molecule has 0 amide bonds. The lowest BCUT2D eigenvalue weighted by Crippen LogP contribution is -2.23. The Morgan fingerprint density at radius 3 is 2.55 bits per heavy atom. The van der Waals surface area contributed by atoms with Crippen LogP contribution in [0, 0.1) is 11.8 Å². The molecule has 0 spiro atoms. The number of ether oxygens (including phenoxy) is 1. The Labute approximate surface area is 120 Å². The van der Waals surface area contributed by atoms with Crippen molar-refractivity contribution in [3.8, 4) is 0 Å². The van der Waals surface area contributed by atoms with Gasteiger partial charge in [0, 0.05) is 0 Å². The van der Waals surface area contributed by atoms with E-state index in [9.17, 15) is 4.79 Å². The van der Waals surface area contributed by atoms with Crippen molar-refractivity contribution in [1.29, 1.82) is 0 Å². The van der Waals surface area contributed by atoms with Crippen LogP contribution < -0.4 is 0 Å². The highest BCUT2D eigenvalue weighted by molar-refractivity contribution is 5.72. The minimum absolute atomic E-state index is 0.0393. The number of aliphatic hydroxyl groups excluding tert-OH is 1. The summed E-state index contributed by atoms with van der Waals surface area (Å²) >= 11 is 0. The minimum Gasteiger partial charge on any atom is -0.461 e. The largest absolute Gasteiger partial charge is 0.461 e. The third-order valence-corrected chi connectivity index (χ3v) is 3.84. The first-order valence-corrected chi connectivity index (χ1v) is 7.27. The molecule has 20 heavy (non-hydrogen) atoms. The van der Waals surface area contributed by atoms with Crippen molar-refractivity contribution in [2.45, 2.75) is 32.3 Å². The predicted octanol–water partition coefficient (Wildman–Crippen LogP) is 3.08. The zero-order valence-corrected chi connectivity index (χ0v) is 11.7. The molecule has 3 heteroatoms. The molecule has 2 rings (SSSR count). The zero-order valence-electron chi connectivity index (χ0n) is 11.7. The molecule has 0 atom stereocenters. The number of hydrogen-bond donors (Lipinski definition) is 1. The van der Waals surface area contributed by atoms with E-state index >= 15 is 0 Å². The summed E-state index contributed by atoms with van der Waals surface area (Å²) in [6.45, 7) is 0.461. The van der Waals surface area contributed by atoms with Crippen LogP contribution in [0.3, 0.4) is 0 Å². The Hall–Kier alpha value is -1.61. The average molecular weight is 274 g/mol. The van der Waals surface area contributed by atoms with Crippen LogP contribution in [0.4, 0.5) is 0 Å². The third-order valence-electron chi connectivity index (χ3n) is 3.84. The molecule has 108 valence electrons. The summed E-state index contributed by atoms with van der Waals surface area (Å²) in [5.41, 5.74) is 1.03. The molecule has 1 aliphatic carbocycles. The Kier molecular flexibility index (Phi) is 5.81. The lowest BCUT2D eigenvalue weighted by Gasteiger charge is -2.25. The number of carbonyl (C=O) groups excluding carboxylic acids is 1. The molecule has 0 saturated heterocycles. The summed E-state index contributed by atoms with van der Waals surface area (Å²) in [5.74, 6) is 0.469. The van der Waals surface area contributed by atoms with Crippen LogP contribution in [0.15, 0.2) is 42.5 Å². The molecule has 1 aromatic rings. The van der Waals surface area contributed by atoms with Crippen LogP contribution in [0.1, 0.15) is 31.2 Å². The summed E-state index contributed by atoms with van der Waals surface area (Å²) in [5, 5.41) is 8.75. The zero-order chi connectivity index (χ0) is 14.2. The lowest BCUT2D eigenvalue weighted by atomic mass is 9.82. The van der Waals surface area contributed by atoms with E-state index < -0.39 is 0 Å². The second-order valence-corrected chi connectivity index (χ2v) is 5.32. The molecule has 1 aliphatic rings. The topological polar surface area (TPSA) is 46.5 Å². The SMILES string of the molecule is O=C(OCc1ccccc1)C1CCC(C=CCO)CC1. The van der Waals surface area contributed by atoms with Gasteiger partial charge in [0.2, 0.25) is 0 Å². The number of allylic oxidation sites excluding steroid dienone is 1. The number of aliphatic hydroxyl groups is 1. The van der Waals surface area contributed by atoms with E-state index in [4.69, 9.17) is 9.84 Å². The van der Waals surface area contributed by atoms with Crippen LogP contribution in [-0.4, -0.2) is 17.7 Å². The molecule has 0 heterocycles. The monoisotopic (exact) mass is 274 g/mol. The van der Waals surface area contributed by atoms with Gasteiger partial charge in [-0.2, -0.15) is 0 Å². The number of rotatable bonds is 5. The van der Waals surface area contributed by atoms with Gasteiger partial charge in [0.25, 0.3) is 0 Å². The van der Waals surface area contributed by atoms with Crippen molar-refractivity contribution >= 4 is 5.97 Å². The summed E-state index contributed by atoms with van der Waals surface area (Å²) in [6, 6.07) is 9.77. The smallest absolute Gasteiger partial charge is 0.309 e. The van der Waals surface area contributed by atoms with E-state index in [1.54, 1.807) is 6.08 Å². The minimum atomic E-state index is -0.0709. The van der Waals surface area contributed by atoms with Crippen LogP contribution in [0.2, 0.25) is 0 Å². The van der Waals surface area contributed by atoms with Crippen molar-refractivity contribution in [2.24, 2.45) is 11.8 Å². The first-order valence-electron chi connectivity index (χ1n) is 7.27. The van der Waals surface area contributed by atoms with Gasteiger partial charge in [0.1, 0.15) is 6.61 Å². The Morgan fingerprint density at radius 2 is 1.90 bits per heavy atom. The number of benzene rings is 1. The highest BCUT2D eigenvalue weighted by atomic mass is 16.5. The third kappa shape index (κ3) is 4.49. The standard InChI is InChI=1S/C17H22O3/c18-12-4-7-14-8-10-16(11-9-14)17(19)20-13-15-5-2-1-3-6-15/h1-7,14,16,18H,8-13H2. The average Bonchev–Trinajstić information content (AvgIpc) is 2.52. The van der Waals surface area contributed by atoms with Crippen molar-refractivity contribution < 1.29 is 14.6 Å². The summed E-state index contributed by atoms with van der Waals surface area (Å²) in [6.07, 6.45) is 7.62. The predicted molar refractivity (Wildman–Crippen MR) is 77.9 cm³/mol. The van der Waals surface area contributed by atoms with Gasteiger partial charge in [-0.25, -0.2) is 0 Å². The molecule has 1 aromatic carbocycles. The van der Waals surface area contributed by atoms with E-state index in [-0.39, 0.29) is 18.5 Å². The first-order chi connectivity index (χ1) is 9.79. The van der Waals surface area contributed by atoms with Crippen molar-refractivity contribution in [3.05, 3.63) is 48.0 Å². The molecular weight excluding hydrogens is 252 g/mol. The van der Waals surface area contributed by atoms with Crippen LogP contribution in [0.5, 0.6) is 0 Å². The number of carbonyl (C=O) groups is 1. The normalized spacial score (nSPS) is 22.9. The van der Waals surface area contributed by atoms with Crippen molar-refractivity contribution in [1.82, 2.24) is 0 Å². The van der Waals surface area contributed by atoms with E-state index in [0.717, 1.165) is 31.2 Å². The maximum Gasteiger partial charge on any atom is 0.309 e. The molecule has 1 saturated carbocycles. The highest BCUT2D eigenvalue weighted by Gasteiger charge is 2.26. The van der Waals surface area contributed by atoms with E-state index in [1.165, 1.54) is 0 Å². The fraction of sp³-hybridized carbons (Fsp3) is 0.471. The van der Waals surface area contributed by atoms with Crippen LogP contribution >= 0.6 is 0 Å². The summed E-state index contributed by atoms with van der Waals surface area (Å²) in [4.78, 5) is 12.0. The lowest BCUT2D eigenvalue weighted by molar-refractivity contribution is -0.151. The molecule has 0 unspecified atom stereocenters. The van der Waals surface area contributed by atoms with Crippen LogP contribution in [-0.2, 0) is 16.1 Å². The van der Waals surface area contributed by atoms with E-state index in [1.807, 2.05) is 30.3 Å². The maximum absolute atomic E-state index is 12.0. The van der Waals surface area contributed by atoms with Gasteiger partial charge in [-0.15, -0.1) is 0 Å². The Balaban J connectivity index is 1.73. The fourth-order valence-corrected chi connectivity index (χ4v) is 2.65. The molecule has 3 nitrogen and oxygen atoms in total. The fourth-order valence-electron chi connectivity index (χ4n) is 2.65. The quantitative estimate of drug-likeness (QED) is 0.663. The summed E-state index contributed by atoms with van der Waals surface area (Å²) in [7, 11) is 0. The van der Waals surface area contributed by atoms with Gasteiger partial charge < -0.3 is 9.84 Å². The number of hydrogen-bond acceptors (Lipinski definition) is 3. The molecule has 0 aliphatic heterocycles.